The van der Waals surface area contributed by atoms with Gasteiger partial charge in [-0.15, -0.1) is 0 Å². The fourth-order valence-corrected chi connectivity index (χ4v) is 2.38. The van der Waals surface area contributed by atoms with E-state index in [1.54, 1.807) is 6.07 Å². The lowest BCUT2D eigenvalue weighted by atomic mass is 10.0. The minimum atomic E-state index is -0.215. The van der Waals surface area contributed by atoms with E-state index < -0.39 is 0 Å². The van der Waals surface area contributed by atoms with Gasteiger partial charge in [0.2, 0.25) is 0 Å². The molecule has 2 unspecified atom stereocenters. The van der Waals surface area contributed by atoms with Gasteiger partial charge in [0.15, 0.2) is 0 Å². The molecule has 2 nitrogen and oxygen atoms in total. The Morgan fingerprint density at radius 2 is 2.12 bits per heavy atom. The first-order valence-electron chi connectivity index (χ1n) is 5.80. The SMILES string of the molecule is CCOC(C)C(Cc1cc(F)cc(Br)c1)NC. The molecule has 96 valence electrons. The second-order valence-corrected chi connectivity index (χ2v) is 4.95. The maximum absolute atomic E-state index is 13.2. The summed E-state index contributed by atoms with van der Waals surface area (Å²) in [7, 11) is 1.90. The summed E-state index contributed by atoms with van der Waals surface area (Å²) in [5.74, 6) is -0.215. The lowest BCUT2D eigenvalue weighted by Gasteiger charge is -2.23. The molecule has 0 amide bonds. The van der Waals surface area contributed by atoms with Gasteiger partial charge in [-0.05, 0) is 51.1 Å². The van der Waals surface area contributed by atoms with Crippen LogP contribution >= 0.6 is 15.9 Å². The third kappa shape index (κ3) is 4.74. The van der Waals surface area contributed by atoms with Gasteiger partial charge in [-0.25, -0.2) is 4.39 Å². The molecule has 0 radical (unpaired) electrons. The van der Waals surface area contributed by atoms with Crippen molar-refractivity contribution in [2.24, 2.45) is 0 Å². The van der Waals surface area contributed by atoms with Crippen LogP contribution in [0.5, 0.6) is 0 Å². The molecule has 1 rings (SSSR count). The van der Waals surface area contributed by atoms with Crippen LogP contribution in [0.2, 0.25) is 0 Å². The summed E-state index contributed by atoms with van der Waals surface area (Å²) in [6, 6.07) is 5.15. The van der Waals surface area contributed by atoms with E-state index in [4.69, 9.17) is 4.74 Å². The quantitative estimate of drug-likeness (QED) is 0.872. The first kappa shape index (κ1) is 14.6. The van der Waals surface area contributed by atoms with Gasteiger partial charge >= 0.3 is 0 Å². The molecule has 1 aromatic carbocycles. The predicted molar refractivity (Wildman–Crippen MR) is 71.7 cm³/mol. The summed E-state index contributed by atoms with van der Waals surface area (Å²) in [6.45, 7) is 4.69. The highest BCUT2D eigenvalue weighted by molar-refractivity contribution is 9.10. The van der Waals surface area contributed by atoms with Gasteiger partial charge in [0.25, 0.3) is 0 Å². The number of ether oxygens (including phenoxy) is 1. The van der Waals surface area contributed by atoms with Crippen molar-refractivity contribution >= 4 is 15.9 Å². The molecule has 2 atom stereocenters. The minimum Gasteiger partial charge on any atom is -0.377 e. The molecule has 0 saturated heterocycles. The average Bonchev–Trinajstić information content (AvgIpc) is 2.24. The smallest absolute Gasteiger partial charge is 0.124 e. The first-order chi connectivity index (χ1) is 8.06. The highest BCUT2D eigenvalue weighted by Gasteiger charge is 2.16. The second kappa shape index (κ2) is 7.09. The zero-order chi connectivity index (χ0) is 12.8. The summed E-state index contributed by atoms with van der Waals surface area (Å²) in [5.41, 5.74) is 0.961. The fourth-order valence-electron chi connectivity index (χ4n) is 1.86. The molecule has 1 aromatic rings. The molecule has 4 heteroatoms. The molecular weight excluding hydrogens is 285 g/mol. The van der Waals surface area contributed by atoms with Crippen LogP contribution in [0.25, 0.3) is 0 Å². The van der Waals surface area contributed by atoms with Crippen molar-refractivity contribution in [2.75, 3.05) is 13.7 Å². The molecule has 17 heavy (non-hydrogen) atoms. The van der Waals surface area contributed by atoms with Crippen molar-refractivity contribution < 1.29 is 9.13 Å². The van der Waals surface area contributed by atoms with Crippen molar-refractivity contribution in [2.45, 2.75) is 32.4 Å². The minimum absolute atomic E-state index is 0.104. The van der Waals surface area contributed by atoms with Crippen molar-refractivity contribution in [3.63, 3.8) is 0 Å². The summed E-state index contributed by atoms with van der Waals surface area (Å²) in [6.07, 6.45) is 0.848. The molecular formula is C13H19BrFNO. The Kier molecular flexibility index (Phi) is 6.09. The monoisotopic (exact) mass is 303 g/mol. The van der Waals surface area contributed by atoms with Crippen LogP contribution in [0, 0.1) is 5.82 Å². The lowest BCUT2D eigenvalue weighted by molar-refractivity contribution is 0.0496. The highest BCUT2D eigenvalue weighted by Crippen LogP contribution is 2.17. The van der Waals surface area contributed by atoms with Crippen LogP contribution < -0.4 is 5.32 Å². The normalized spacial score (nSPS) is 14.6. The Morgan fingerprint density at radius 1 is 1.41 bits per heavy atom. The van der Waals surface area contributed by atoms with Crippen LogP contribution in [-0.4, -0.2) is 25.8 Å². The maximum Gasteiger partial charge on any atom is 0.124 e. The number of likely N-dealkylation sites (N-methyl/N-ethyl adjacent to an activating group) is 1. The summed E-state index contributed by atoms with van der Waals surface area (Å²) >= 11 is 3.30. The number of hydrogen-bond donors (Lipinski definition) is 1. The van der Waals surface area contributed by atoms with Gasteiger partial charge in [0.05, 0.1) is 6.10 Å². The molecule has 0 aliphatic rings. The van der Waals surface area contributed by atoms with E-state index in [9.17, 15) is 4.39 Å². The van der Waals surface area contributed by atoms with Crippen LogP contribution in [0.15, 0.2) is 22.7 Å². The molecule has 0 saturated carbocycles. The Morgan fingerprint density at radius 3 is 2.65 bits per heavy atom. The van der Waals surface area contributed by atoms with Crippen LogP contribution in [0.3, 0.4) is 0 Å². The number of nitrogens with one attached hydrogen (secondary N) is 1. The van der Waals surface area contributed by atoms with E-state index in [1.807, 2.05) is 27.0 Å². The predicted octanol–water partition coefficient (Wildman–Crippen LogP) is 3.14. The molecule has 0 spiro atoms. The summed E-state index contributed by atoms with van der Waals surface area (Å²) in [4.78, 5) is 0. The van der Waals surface area contributed by atoms with Gasteiger partial charge in [0.1, 0.15) is 5.82 Å². The molecule has 0 bridgehead atoms. The van der Waals surface area contributed by atoms with Crippen molar-refractivity contribution in [1.29, 1.82) is 0 Å². The Bertz CT molecular complexity index is 339. The van der Waals surface area contributed by atoms with Crippen molar-refractivity contribution in [3.8, 4) is 0 Å². The second-order valence-electron chi connectivity index (χ2n) is 4.04. The Balaban J connectivity index is 2.73. The van der Waals surface area contributed by atoms with E-state index >= 15 is 0 Å². The van der Waals surface area contributed by atoms with E-state index in [2.05, 4.69) is 21.2 Å². The molecule has 1 N–H and O–H groups in total. The molecule has 0 heterocycles. The van der Waals surface area contributed by atoms with Gasteiger partial charge in [-0.3, -0.25) is 0 Å². The summed E-state index contributed by atoms with van der Waals surface area (Å²) < 4.78 is 19.6. The van der Waals surface area contributed by atoms with Crippen LogP contribution in [0.4, 0.5) is 4.39 Å². The summed E-state index contributed by atoms with van der Waals surface area (Å²) in [5, 5.41) is 3.21. The average molecular weight is 304 g/mol. The zero-order valence-electron chi connectivity index (χ0n) is 10.5. The third-order valence-corrected chi connectivity index (χ3v) is 3.20. The first-order valence-corrected chi connectivity index (χ1v) is 6.60. The zero-order valence-corrected chi connectivity index (χ0v) is 12.1. The van der Waals surface area contributed by atoms with Crippen molar-refractivity contribution in [3.05, 3.63) is 34.1 Å². The van der Waals surface area contributed by atoms with E-state index in [0.717, 1.165) is 16.5 Å². The topological polar surface area (TPSA) is 21.3 Å². The van der Waals surface area contributed by atoms with Gasteiger partial charge < -0.3 is 10.1 Å². The number of rotatable bonds is 6. The van der Waals surface area contributed by atoms with E-state index in [0.29, 0.717) is 6.61 Å². The highest BCUT2D eigenvalue weighted by atomic mass is 79.9. The number of halogens is 2. The van der Waals surface area contributed by atoms with Crippen LogP contribution in [0.1, 0.15) is 19.4 Å². The standard InChI is InChI=1S/C13H19BrFNO/c1-4-17-9(2)13(16-3)7-10-5-11(14)8-12(15)6-10/h5-6,8-9,13,16H,4,7H2,1-3H3. The number of hydrogen-bond acceptors (Lipinski definition) is 2. The third-order valence-electron chi connectivity index (χ3n) is 2.74. The van der Waals surface area contributed by atoms with Gasteiger partial charge in [-0.2, -0.15) is 0 Å². The van der Waals surface area contributed by atoms with Gasteiger partial charge in [-0.1, -0.05) is 15.9 Å². The van der Waals surface area contributed by atoms with E-state index in [1.165, 1.54) is 6.07 Å². The largest absolute Gasteiger partial charge is 0.377 e. The van der Waals surface area contributed by atoms with Gasteiger partial charge in [0, 0.05) is 17.1 Å². The van der Waals surface area contributed by atoms with Crippen molar-refractivity contribution in [1.82, 2.24) is 5.32 Å². The Labute approximate surface area is 111 Å². The Hall–Kier alpha value is -0.450. The molecule has 0 aromatic heterocycles. The maximum atomic E-state index is 13.2. The molecule has 0 aliphatic heterocycles. The molecule has 0 fully saturated rings. The lowest BCUT2D eigenvalue weighted by Crippen LogP contribution is -2.39. The number of benzene rings is 1. The fraction of sp³-hybridized carbons (Fsp3) is 0.538. The van der Waals surface area contributed by atoms with E-state index in [-0.39, 0.29) is 18.0 Å². The van der Waals surface area contributed by atoms with Crippen LogP contribution in [-0.2, 0) is 11.2 Å². The molecule has 0 aliphatic carbocycles.